The topological polar surface area (TPSA) is 75.3 Å². The van der Waals surface area contributed by atoms with Crippen LogP contribution >= 0.6 is 0 Å². The smallest absolute Gasteiger partial charge is 0.262 e. The molecule has 0 atom stereocenters. The van der Waals surface area contributed by atoms with Gasteiger partial charge in [-0.3, -0.25) is 9.52 Å². The SMILES string of the molecule is Cc1ccc(C(=O)Nc2cccc(C)c2C)cc1S(=O)(=O)Nc1cccc(C)c1C. The van der Waals surface area contributed by atoms with Gasteiger partial charge in [0.2, 0.25) is 0 Å². The molecule has 1 amide bonds. The van der Waals surface area contributed by atoms with Crippen LogP contribution in [0, 0.1) is 34.6 Å². The monoisotopic (exact) mass is 422 g/mol. The first-order chi connectivity index (χ1) is 14.1. The fourth-order valence-corrected chi connectivity index (χ4v) is 4.57. The molecule has 0 saturated carbocycles. The van der Waals surface area contributed by atoms with Gasteiger partial charge in [0.25, 0.3) is 15.9 Å². The van der Waals surface area contributed by atoms with Gasteiger partial charge in [0.05, 0.1) is 10.6 Å². The summed E-state index contributed by atoms with van der Waals surface area (Å²) in [6, 6.07) is 15.8. The van der Waals surface area contributed by atoms with Crippen LogP contribution in [-0.4, -0.2) is 14.3 Å². The van der Waals surface area contributed by atoms with Crippen LogP contribution in [0.4, 0.5) is 11.4 Å². The molecule has 2 N–H and O–H groups in total. The summed E-state index contributed by atoms with van der Waals surface area (Å²) in [6.45, 7) is 9.42. The molecule has 0 aliphatic carbocycles. The first-order valence-corrected chi connectivity index (χ1v) is 11.2. The van der Waals surface area contributed by atoms with E-state index in [1.165, 1.54) is 6.07 Å². The van der Waals surface area contributed by atoms with E-state index < -0.39 is 10.0 Å². The second-order valence-electron chi connectivity index (χ2n) is 7.53. The van der Waals surface area contributed by atoms with Crippen LogP contribution in [0.1, 0.15) is 38.2 Å². The van der Waals surface area contributed by atoms with Crippen LogP contribution in [0.25, 0.3) is 0 Å². The third-order valence-corrected chi connectivity index (χ3v) is 6.95. The number of benzene rings is 3. The highest BCUT2D eigenvalue weighted by Crippen LogP contribution is 2.25. The van der Waals surface area contributed by atoms with Crippen LogP contribution in [0.3, 0.4) is 0 Å². The number of amides is 1. The Morgan fingerprint density at radius 1 is 0.733 bits per heavy atom. The van der Waals surface area contributed by atoms with Gasteiger partial charge in [-0.15, -0.1) is 0 Å². The number of aryl methyl sites for hydroxylation is 3. The van der Waals surface area contributed by atoms with Crippen molar-refractivity contribution in [3.05, 3.63) is 88.0 Å². The van der Waals surface area contributed by atoms with Crippen molar-refractivity contribution in [1.29, 1.82) is 0 Å². The van der Waals surface area contributed by atoms with Crippen LogP contribution in [-0.2, 0) is 10.0 Å². The number of nitrogens with one attached hydrogen (secondary N) is 2. The van der Waals surface area contributed by atoms with Gasteiger partial charge in [0.15, 0.2) is 0 Å². The maximum absolute atomic E-state index is 13.1. The maximum Gasteiger partial charge on any atom is 0.262 e. The first kappa shape index (κ1) is 21.6. The second-order valence-corrected chi connectivity index (χ2v) is 9.19. The number of sulfonamides is 1. The molecule has 0 spiro atoms. The van der Waals surface area contributed by atoms with Crippen molar-refractivity contribution in [2.75, 3.05) is 10.0 Å². The van der Waals surface area contributed by atoms with Gasteiger partial charge >= 0.3 is 0 Å². The number of hydrogen-bond acceptors (Lipinski definition) is 3. The van der Waals surface area contributed by atoms with E-state index in [9.17, 15) is 13.2 Å². The standard InChI is InChI=1S/C24H26N2O3S/c1-15-8-6-10-21(18(15)4)25-24(27)20-13-12-17(3)23(14-20)30(28,29)26-22-11-7-9-16(2)19(22)5/h6-14,26H,1-5H3,(H,25,27). The van der Waals surface area contributed by atoms with Gasteiger partial charge in [0.1, 0.15) is 0 Å². The minimum absolute atomic E-state index is 0.0806. The van der Waals surface area contributed by atoms with Crippen LogP contribution in [0.15, 0.2) is 59.5 Å². The lowest BCUT2D eigenvalue weighted by atomic mass is 10.1. The van der Waals surface area contributed by atoms with Crippen molar-refractivity contribution in [3.8, 4) is 0 Å². The lowest BCUT2D eigenvalue weighted by Crippen LogP contribution is -2.18. The zero-order valence-corrected chi connectivity index (χ0v) is 18.6. The minimum atomic E-state index is -3.86. The molecule has 0 heterocycles. The second kappa shape index (κ2) is 8.32. The molecule has 3 aromatic carbocycles. The van der Waals surface area contributed by atoms with Gasteiger partial charge in [-0.25, -0.2) is 8.42 Å². The van der Waals surface area contributed by atoms with Gasteiger partial charge < -0.3 is 5.32 Å². The third kappa shape index (κ3) is 4.39. The summed E-state index contributed by atoms with van der Waals surface area (Å²) >= 11 is 0. The first-order valence-electron chi connectivity index (χ1n) is 9.67. The van der Waals surface area contributed by atoms with E-state index in [4.69, 9.17) is 0 Å². The van der Waals surface area contributed by atoms with Crippen LogP contribution in [0.5, 0.6) is 0 Å². The van der Waals surface area contributed by atoms with E-state index in [-0.39, 0.29) is 16.4 Å². The van der Waals surface area contributed by atoms with E-state index in [2.05, 4.69) is 10.0 Å². The Bertz CT molecular complexity index is 1230. The van der Waals surface area contributed by atoms with Crippen molar-refractivity contribution < 1.29 is 13.2 Å². The highest BCUT2D eigenvalue weighted by Gasteiger charge is 2.20. The fraction of sp³-hybridized carbons (Fsp3) is 0.208. The molecule has 0 bridgehead atoms. The highest BCUT2D eigenvalue weighted by atomic mass is 32.2. The van der Waals surface area contributed by atoms with E-state index in [1.807, 2.05) is 52.0 Å². The molecule has 0 fully saturated rings. The molecule has 0 radical (unpaired) electrons. The molecule has 0 aromatic heterocycles. The average Bonchev–Trinajstić information content (AvgIpc) is 2.69. The van der Waals surface area contributed by atoms with Crippen molar-refractivity contribution in [2.24, 2.45) is 0 Å². The molecule has 156 valence electrons. The Labute approximate surface area is 178 Å². The number of carbonyl (C=O) groups excluding carboxylic acids is 1. The predicted molar refractivity (Wildman–Crippen MR) is 122 cm³/mol. The third-order valence-electron chi connectivity index (χ3n) is 5.44. The van der Waals surface area contributed by atoms with E-state index in [0.717, 1.165) is 22.3 Å². The van der Waals surface area contributed by atoms with Crippen LogP contribution in [0.2, 0.25) is 0 Å². The Morgan fingerprint density at radius 3 is 1.93 bits per heavy atom. The zero-order valence-electron chi connectivity index (χ0n) is 17.8. The Hall–Kier alpha value is -3.12. The lowest BCUT2D eigenvalue weighted by molar-refractivity contribution is 0.102. The summed E-state index contributed by atoms with van der Waals surface area (Å²) in [5.41, 5.74) is 5.98. The van der Waals surface area contributed by atoms with Crippen molar-refractivity contribution >= 4 is 27.3 Å². The molecule has 30 heavy (non-hydrogen) atoms. The summed E-state index contributed by atoms with van der Waals surface area (Å²) in [5, 5.41) is 2.88. The molecule has 0 aliphatic heterocycles. The number of anilines is 2. The van der Waals surface area contributed by atoms with E-state index in [0.29, 0.717) is 16.9 Å². The molecular weight excluding hydrogens is 396 g/mol. The fourth-order valence-electron chi connectivity index (χ4n) is 3.17. The molecule has 0 aliphatic rings. The lowest BCUT2D eigenvalue weighted by Gasteiger charge is -2.15. The highest BCUT2D eigenvalue weighted by molar-refractivity contribution is 7.92. The van der Waals surface area contributed by atoms with Crippen molar-refractivity contribution in [2.45, 2.75) is 39.5 Å². The van der Waals surface area contributed by atoms with Gasteiger partial charge in [-0.1, -0.05) is 30.3 Å². The largest absolute Gasteiger partial charge is 0.322 e. The van der Waals surface area contributed by atoms with Crippen molar-refractivity contribution in [1.82, 2.24) is 0 Å². The molecule has 0 unspecified atom stereocenters. The van der Waals surface area contributed by atoms with Gasteiger partial charge in [0, 0.05) is 11.3 Å². The quantitative estimate of drug-likeness (QED) is 0.587. The van der Waals surface area contributed by atoms with Crippen LogP contribution < -0.4 is 10.0 Å². The summed E-state index contributed by atoms with van der Waals surface area (Å²) in [4.78, 5) is 12.9. The average molecular weight is 423 g/mol. The summed E-state index contributed by atoms with van der Waals surface area (Å²) < 4.78 is 28.8. The molecule has 3 aromatic rings. The number of carbonyl (C=O) groups is 1. The molecule has 0 saturated heterocycles. The molecule has 6 heteroatoms. The van der Waals surface area contributed by atoms with E-state index >= 15 is 0 Å². The summed E-state index contributed by atoms with van der Waals surface area (Å²) in [7, 11) is -3.86. The molecule has 5 nitrogen and oxygen atoms in total. The Kier molecular flexibility index (Phi) is 5.99. The molecular formula is C24H26N2O3S. The number of rotatable bonds is 5. The zero-order chi connectivity index (χ0) is 22.1. The Morgan fingerprint density at radius 2 is 1.30 bits per heavy atom. The van der Waals surface area contributed by atoms with Gasteiger partial charge in [-0.05, 0) is 86.7 Å². The van der Waals surface area contributed by atoms with Gasteiger partial charge in [-0.2, -0.15) is 0 Å². The minimum Gasteiger partial charge on any atom is -0.322 e. The van der Waals surface area contributed by atoms with E-state index in [1.54, 1.807) is 31.2 Å². The maximum atomic E-state index is 13.1. The Balaban J connectivity index is 1.93. The predicted octanol–water partition coefficient (Wildman–Crippen LogP) is 5.28. The summed E-state index contributed by atoms with van der Waals surface area (Å²) in [5.74, 6) is -0.355. The molecule has 3 rings (SSSR count). The van der Waals surface area contributed by atoms with Crippen molar-refractivity contribution in [3.63, 3.8) is 0 Å². The normalized spacial score (nSPS) is 11.2. The summed E-state index contributed by atoms with van der Waals surface area (Å²) in [6.07, 6.45) is 0. The number of hydrogen-bond donors (Lipinski definition) is 2.